The van der Waals surface area contributed by atoms with Crippen molar-refractivity contribution in [2.75, 3.05) is 12.4 Å². The van der Waals surface area contributed by atoms with Gasteiger partial charge in [-0.3, -0.25) is 5.10 Å². The van der Waals surface area contributed by atoms with Gasteiger partial charge in [-0.2, -0.15) is 10.4 Å². The topological polar surface area (TPSA) is 73.7 Å². The van der Waals surface area contributed by atoms with E-state index < -0.39 is 5.82 Å². The zero-order valence-electron chi connectivity index (χ0n) is 16.1. The molecule has 2 saturated carbocycles. The summed E-state index contributed by atoms with van der Waals surface area (Å²) in [6, 6.07) is 8.97. The number of anilines is 1. The Morgan fingerprint density at radius 1 is 1.24 bits per heavy atom. The normalized spacial score (nSPS) is 29.2. The summed E-state index contributed by atoms with van der Waals surface area (Å²) in [7, 11) is 1.69. The van der Waals surface area contributed by atoms with Gasteiger partial charge in [0.15, 0.2) is 0 Å². The van der Waals surface area contributed by atoms with Gasteiger partial charge >= 0.3 is 0 Å². The fourth-order valence-corrected chi connectivity index (χ4v) is 6.37. The molecule has 1 aliphatic heterocycles. The molecule has 5 atom stereocenters. The summed E-state index contributed by atoms with van der Waals surface area (Å²) in [6.07, 6.45) is 5.64. The van der Waals surface area contributed by atoms with E-state index in [0.717, 1.165) is 27.9 Å². The van der Waals surface area contributed by atoms with Gasteiger partial charge in [0.05, 0.1) is 36.1 Å². The Balaban J connectivity index is 1.58. The van der Waals surface area contributed by atoms with Crippen molar-refractivity contribution in [1.29, 1.82) is 5.26 Å². The van der Waals surface area contributed by atoms with Crippen molar-refractivity contribution >= 4 is 16.6 Å². The molecule has 146 valence electrons. The van der Waals surface area contributed by atoms with Crippen LogP contribution in [-0.2, 0) is 0 Å². The minimum atomic E-state index is -0.463. The fourth-order valence-electron chi connectivity index (χ4n) is 6.37. The van der Waals surface area contributed by atoms with Gasteiger partial charge in [0, 0.05) is 11.5 Å². The second kappa shape index (κ2) is 5.96. The lowest BCUT2D eigenvalue weighted by atomic mass is 9.67. The summed E-state index contributed by atoms with van der Waals surface area (Å²) in [4.78, 5) is 0. The number of halogens is 1. The van der Waals surface area contributed by atoms with Crippen LogP contribution in [0.1, 0.15) is 47.9 Å². The number of nitrogens with zero attached hydrogens (tertiary/aromatic N) is 2. The molecule has 29 heavy (non-hydrogen) atoms. The highest BCUT2D eigenvalue weighted by Gasteiger charge is 2.54. The van der Waals surface area contributed by atoms with Gasteiger partial charge in [0.25, 0.3) is 0 Å². The standard InChI is InChI=1S/C23H21FN4O/c1-29-18-8-17-15(10-26-28-17)21-19-11-2-3-12(6-11)20(19)22(27-23(18)21)13-4-5-16(24)14(7-13)9-25/h4-5,7-8,10-12,19-20,22,27H,2-3,6H2,1H3,(H,26,28). The van der Waals surface area contributed by atoms with Crippen LogP contribution in [0.3, 0.4) is 0 Å². The van der Waals surface area contributed by atoms with E-state index in [0.29, 0.717) is 23.7 Å². The largest absolute Gasteiger partial charge is 0.494 e. The smallest absolute Gasteiger partial charge is 0.144 e. The van der Waals surface area contributed by atoms with Crippen LogP contribution in [-0.4, -0.2) is 17.3 Å². The summed E-state index contributed by atoms with van der Waals surface area (Å²) in [5.41, 5.74) is 4.40. The molecule has 3 aromatic rings. The van der Waals surface area contributed by atoms with Gasteiger partial charge in [-0.15, -0.1) is 0 Å². The number of nitriles is 1. The van der Waals surface area contributed by atoms with Gasteiger partial charge in [0.1, 0.15) is 17.6 Å². The molecule has 2 bridgehead atoms. The first kappa shape index (κ1) is 16.8. The van der Waals surface area contributed by atoms with Crippen LogP contribution in [0, 0.1) is 34.9 Å². The first-order chi connectivity index (χ1) is 14.2. The van der Waals surface area contributed by atoms with Crippen LogP contribution in [0.5, 0.6) is 5.75 Å². The Morgan fingerprint density at radius 2 is 2.10 bits per heavy atom. The zero-order valence-corrected chi connectivity index (χ0v) is 16.1. The molecule has 1 aromatic heterocycles. The molecule has 2 aromatic carbocycles. The minimum absolute atomic E-state index is 0.0359. The first-order valence-electron chi connectivity index (χ1n) is 10.2. The molecule has 2 aliphatic carbocycles. The van der Waals surface area contributed by atoms with Crippen LogP contribution in [0.2, 0.25) is 0 Å². The Labute approximate surface area is 167 Å². The molecule has 0 radical (unpaired) electrons. The van der Waals surface area contributed by atoms with E-state index in [-0.39, 0.29) is 11.6 Å². The van der Waals surface area contributed by atoms with Gasteiger partial charge in [-0.1, -0.05) is 6.07 Å². The van der Waals surface area contributed by atoms with Crippen LogP contribution in [0.15, 0.2) is 30.5 Å². The Morgan fingerprint density at radius 3 is 2.93 bits per heavy atom. The Hall–Kier alpha value is -3.07. The van der Waals surface area contributed by atoms with E-state index in [1.165, 1.54) is 30.9 Å². The average molecular weight is 388 g/mol. The molecule has 2 heterocycles. The number of ether oxygens (including phenoxy) is 1. The summed E-state index contributed by atoms with van der Waals surface area (Å²) >= 11 is 0. The predicted molar refractivity (Wildman–Crippen MR) is 107 cm³/mol. The Bertz CT molecular complexity index is 1180. The van der Waals surface area contributed by atoms with Crippen LogP contribution in [0.25, 0.3) is 10.9 Å². The maximum atomic E-state index is 14.0. The molecule has 3 aliphatic rings. The lowest BCUT2D eigenvalue weighted by molar-refractivity contribution is 0.247. The van der Waals surface area contributed by atoms with Gasteiger partial charge in [-0.25, -0.2) is 4.39 Å². The lowest BCUT2D eigenvalue weighted by Gasteiger charge is -2.44. The highest BCUT2D eigenvalue weighted by molar-refractivity contribution is 5.92. The van der Waals surface area contributed by atoms with E-state index in [1.54, 1.807) is 13.2 Å². The van der Waals surface area contributed by atoms with Gasteiger partial charge in [-0.05, 0) is 66.2 Å². The zero-order chi connectivity index (χ0) is 19.7. The number of hydrogen-bond donors (Lipinski definition) is 2. The third-order valence-electron chi connectivity index (χ3n) is 7.44. The predicted octanol–water partition coefficient (Wildman–Crippen LogP) is 4.88. The van der Waals surface area contributed by atoms with E-state index in [4.69, 9.17) is 4.74 Å². The van der Waals surface area contributed by atoms with Crippen molar-refractivity contribution in [3.05, 3.63) is 53.0 Å². The van der Waals surface area contributed by atoms with E-state index in [2.05, 4.69) is 15.5 Å². The number of aromatic amines is 1. The van der Waals surface area contributed by atoms with Crippen LogP contribution in [0.4, 0.5) is 10.1 Å². The van der Waals surface area contributed by atoms with Crippen molar-refractivity contribution in [2.45, 2.75) is 31.2 Å². The molecule has 0 saturated heterocycles. The fraction of sp³-hybridized carbons (Fsp3) is 0.391. The number of aromatic nitrogens is 2. The number of methoxy groups -OCH3 is 1. The first-order valence-corrected chi connectivity index (χ1v) is 10.2. The van der Waals surface area contributed by atoms with Crippen molar-refractivity contribution < 1.29 is 9.13 Å². The van der Waals surface area contributed by atoms with Crippen molar-refractivity contribution in [1.82, 2.24) is 10.2 Å². The van der Waals surface area contributed by atoms with Gasteiger partial charge < -0.3 is 10.1 Å². The third-order valence-corrected chi connectivity index (χ3v) is 7.44. The molecule has 2 N–H and O–H groups in total. The molecule has 0 amide bonds. The second-order valence-corrected chi connectivity index (χ2v) is 8.61. The highest BCUT2D eigenvalue weighted by atomic mass is 19.1. The molecule has 2 fully saturated rings. The summed E-state index contributed by atoms with van der Waals surface area (Å²) < 4.78 is 19.7. The Kier molecular flexibility index (Phi) is 3.46. The maximum Gasteiger partial charge on any atom is 0.144 e. The highest BCUT2D eigenvalue weighted by Crippen LogP contribution is 2.65. The molecule has 5 nitrogen and oxygen atoms in total. The number of H-pyrrole nitrogens is 1. The summed E-state index contributed by atoms with van der Waals surface area (Å²) in [6.45, 7) is 0. The van der Waals surface area contributed by atoms with E-state index in [1.807, 2.05) is 24.4 Å². The molecule has 6 heteroatoms. The molecule has 6 rings (SSSR count). The number of nitrogens with one attached hydrogen (secondary N) is 2. The molecular weight excluding hydrogens is 367 g/mol. The third kappa shape index (κ3) is 2.21. The summed E-state index contributed by atoms with van der Waals surface area (Å²) in [5, 5.41) is 21.6. The van der Waals surface area contributed by atoms with Crippen molar-refractivity contribution in [2.24, 2.45) is 17.8 Å². The number of hydrogen-bond acceptors (Lipinski definition) is 4. The van der Waals surface area contributed by atoms with E-state index in [9.17, 15) is 9.65 Å². The van der Waals surface area contributed by atoms with Crippen LogP contribution < -0.4 is 10.1 Å². The lowest BCUT2D eigenvalue weighted by Crippen LogP contribution is -2.35. The number of fused-ring (bicyclic) bond motifs is 9. The molecule has 5 unspecified atom stereocenters. The quantitative estimate of drug-likeness (QED) is 0.656. The number of benzene rings is 2. The van der Waals surface area contributed by atoms with Crippen molar-refractivity contribution in [3.63, 3.8) is 0 Å². The molecule has 0 spiro atoms. The van der Waals surface area contributed by atoms with E-state index >= 15 is 0 Å². The second-order valence-electron chi connectivity index (χ2n) is 8.61. The minimum Gasteiger partial charge on any atom is -0.494 e. The number of rotatable bonds is 2. The van der Waals surface area contributed by atoms with Crippen molar-refractivity contribution in [3.8, 4) is 11.8 Å². The monoisotopic (exact) mass is 388 g/mol. The van der Waals surface area contributed by atoms with Crippen LogP contribution >= 0.6 is 0 Å². The summed E-state index contributed by atoms with van der Waals surface area (Å²) in [5.74, 6) is 2.46. The van der Waals surface area contributed by atoms with Gasteiger partial charge in [0.2, 0.25) is 0 Å². The SMILES string of the molecule is COc1cc2[nH]ncc2c2c1NC(c1ccc(F)c(C#N)c1)C1C3CCC(C3)C21. The average Bonchev–Trinajstić information content (AvgIpc) is 3.48. The maximum absolute atomic E-state index is 14.0. The molecular formula is C23H21FN4O.